The molecule has 2 aliphatic heterocycles. The Bertz CT molecular complexity index is 3070. The fraction of sp³-hybridized carbons (Fsp3) is 0.481. The molecule has 3 N–H and O–H groups in total. The summed E-state index contributed by atoms with van der Waals surface area (Å²) in [5, 5.41) is 32.5. The van der Waals surface area contributed by atoms with Crippen molar-refractivity contribution in [3.63, 3.8) is 0 Å². The quantitative estimate of drug-likeness (QED) is 0.139. The number of hydrogen-bond donors (Lipinski definition) is 3. The topological polar surface area (TPSA) is 178 Å². The van der Waals surface area contributed by atoms with Crippen LogP contribution < -0.4 is 10.2 Å². The molecule has 2 amide bonds. The molecule has 3 aromatic carbocycles. The number of piperidine rings is 2. The first-order chi connectivity index (χ1) is 33.4. The number of nitrogens with one attached hydrogen (secondary N) is 1. The highest BCUT2D eigenvalue weighted by Crippen LogP contribution is 2.44. The minimum atomic E-state index is -0.683. The number of anilines is 1. The normalized spacial score (nSPS) is 25.3. The van der Waals surface area contributed by atoms with Crippen LogP contribution in [0, 0.1) is 33.5 Å². The molecule has 14 nitrogen and oxygen atoms in total. The zero-order chi connectivity index (χ0) is 49.2. The number of aliphatic hydroxyl groups is 2. The van der Waals surface area contributed by atoms with Crippen LogP contribution in [0.5, 0.6) is 0 Å². The maximum absolute atomic E-state index is 14.5. The van der Waals surface area contributed by atoms with Crippen molar-refractivity contribution < 1.29 is 33.2 Å². The molecule has 368 valence electrons. The lowest BCUT2D eigenvalue weighted by Gasteiger charge is -2.38. The van der Waals surface area contributed by atoms with Crippen molar-refractivity contribution in [3.8, 4) is 22.3 Å². The van der Waals surface area contributed by atoms with Crippen LogP contribution in [0.2, 0.25) is 5.02 Å². The molecule has 0 bridgehead atoms. The Morgan fingerprint density at radius 2 is 1.20 bits per heavy atom. The van der Waals surface area contributed by atoms with Crippen LogP contribution in [0.1, 0.15) is 162 Å². The highest BCUT2D eigenvalue weighted by atomic mass is 35.5. The van der Waals surface area contributed by atoms with Crippen LogP contribution in [-0.4, -0.2) is 62.6 Å². The van der Waals surface area contributed by atoms with Crippen molar-refractivity contribution in [2.24, 2.45) is 0 Å². The van der Waals surface area contributed by atoms with E-state index >= 15 is 0 Å². The van der Waals surface area contributed by atoms with Gasteiger partial charge < -0.3 is 38.6 Å². The number of hydrogen-bond acceptors (Lipinski definition) is 10. The first-order valence-electron chi connectivity index (χ1n) is 24.9. The lowest BCUT2D eigenvalue weighted by atomic mass is 9.83. The lowest BCUT2D eigenvalue weighted by molar-refractivity contribution is -0.123. The van der Waals surface area contributed by atoms with Crippen molar-refractivity contribution in [2.45, 2.75) is 167 Å². The summed E-state index contributed by atoms with van der Waals surface area (Å²) in [6, 6.07) is 17.0. The molecule has 2 saturated carbocycles. The molecule has 2 atom stereocenters. The number of aryl methyl sites for hydroxylation is 4. The zero-order valence-electron chi connectivity index (χ0n) is 40.8. The molecule has 4 aliphatic rings. The van der Waals surface area contributed by atoms with Crippen LogP contribution in [0.15, 0.2) is 63.6 Å². The highest BCUT2D eigenvalue weighted by molar-refractivity contribution is 6.30. The maximum Gasteiger partial charge on any atom is 0.227 e. The smallest absolute Gasteiger partial charge is 0.227 e. The van der Waals surface area contributed by atoms with Crippen molar-refractivity contribution in [3.05, 3.63) is 100.0 Å². The molecular weight excluding hydrogens is 911 g/mol. The Balaban J connectivity index is 0.000000166. The number of aromatic nitrogens is 6. The van der Waals surface area contributed by atoms with Crippen molar-refractivity contribution in [1.82, 2.24) is 34.7 Å². The van der Waals surface area contributed by atoms with Gasteiger partial charge in [-0.25, -0.2) is 14.4 Å². The van der Waals surface area contributed by atoms with E-state index in [1.165, 1.54) is 12.1 Å². The number of carbonyl (C=O) groups excluding carboxylic acids is 2. The summed E-state index contributed by atoms with van der Waals surface area (Å²) >= 11 is 5.97. The number of halogens is 2. The van der Waals surface area contributed by atoms with Gasteiger partial charge in [-0.3, -0.25) is 9.59 Å². The van der Waals surface area contributed by atoms with Crippen LogP contribution in [0.4, 0.5) is 10.1 Å². The Hall–Kier alpha value is -5.90. The van der Waals surface area contributed by atoms with Crippen LogP contribution in [0.3, 0.4) is 0 Å². The van der Waals surface area contributed by atoms with Gasteiger partial charge in [0.1, 0.15) is 29.0 Å². The van der Waals surface area contributed by atoms with Gasteiger partial charge in [-0.2, -0.15) is 0 Å². The third-order valence-corrected chi connectivity index (χ3v) is 15.7. The molecule has 16 heteroatoms. The third kappa shape index (κ3) is 9.16. The van der Waals surface area contributed by atoms with E-state index in [0.717, 1.165) is 137 Å². The zero-order valence-corrected chi connectivity index (χ0v) is 41.6. The van der Waals surface area contributed by atoms with Gasteiger partial charge in [0.25, 0.3) is 0 Å². The second-order valence-electron chi connectivity index (χ2n) is 20.7. The predicted molar refractivity (Wildman–Crippen MR) is 266 cm³/mol. The molecule has 0 unspecified atom stereocenters. The van der Waals surface area contributed by atoms with E-state index in [1.807, 2.05) is 41.5 Å². The van der Waals surface area contributed by atoms with Crippen LogP contribution in [-0.2, 0) is 9.59 Å². The summed E-state index contributed by atoms with van der Waals surface area (Å²) in [6.45, 7) is 11.5. The second-order valence-corrected chi connectivity index (χ2v) is 21.1. The van der Waals surface area contributed by atoms with E-state index in [2.05, 4.69) is 61.2 Å². The Morgan fingerprint density at radius 1 is 0.686 bits per heavy atom. The van der Waals surface area contributed by atoms with Crippen molar-refractivity contribution in [2.75, 3.05) is 4.90 Å². The summed E-state index contributed by atoms with van der Waals surface area (Å²) in [7, 11) is 0. The standard InChI is InChI=1S/C30H32ClFN4O3.C24H30N4O3/c1-17-28(18(2)39-34-17)19-7-10-25-24(15-19)33-29(36(25)20-11-13-30(3,38)14-12-20)26-5-4-6-27(37)35(26)21-8-9-22(31)23(32)16-21;1-14-22(15(2)31-27-14)16-7-8-20-19(13-16)26-23(18-5-4-6-21(29)25-18)28(20)17-9-11-24(3,30)12-10-17/h7-10,15-16,20,26,38H,4-6,11-14H2,1-3H3;7-8,13,17-18,30H,4-6,9-12H2,1-3H3,(H,25,29)/t20?,26-,30?;17?,18-,24?/m00/s1. The first-order valence-corrected chi connectivity index (χ1v) is 25.2. The van der Waals surface area contributed by atoms with Crippen molar-refractivity contribution >= 4 is 51.2 Å². The van der Waals surface area contributed by atoms with Gasteiger partial charge in [0.2, 0.25) is 11.8 Å². The van der Waals surface area contributed by atoms with Gasteiger partial charge >= 0.3 is 0 Å². The molecule has 2 aliphatic carbocycles. The maximum atomic E-state index is 14.5. The number of carbonyl (C=O) groups is 2. The summed E-state index contributed by atoms with van der Waals surface area (Å²) in [5.74, 6) is 2.74. The van der Waals surface area contributed by atoms with E-state index in [9.17, 15) is 24.2 Å². The monoisotopic (exact) mass is 972 g/mol. The van der Waals surface area contributed by atoms with Gasteiger partial charge in [0.05, 0.1) is 61.8 Å². The molecule has 11 rings (SSSR count). The lowest BCUT2D eigenvalue weighted by Crippen LogP contribution is -2.40. The van der Waals surface area contributed by atoms with Gasteiger partial charge in [-0.15, -0.1) is 0 Å². The van der Waals surface area contributed by atoms with Crippen LogP contribution >= 0.6 is 11.6 Å². The Morgan fingerprint density at radius 3 is 1.70 bits per heavy atom. The predicted octanol–water partition coefficient (Wildman–Crippen LogP) is 11.7. The third-order valence-electron chi connectivity index (χ3n) is 15.3. The summed E-state index contributed by atoms with van der Waals surface area (Å²) in [6.07, 6.45) is 10.5. The number of rotatable bonds is 7. The average molecular weight is 974 g/mol. The molecule has 2 saturated heterocycles. The molecule has 4 fully saturated rings. The van der Waals surface area contributed by atoms with Crippen molar-refractivity contribution in [1.29, 1.82) is 0 Å². The summed E-state index contributed by atoms with van der Waals surface area (Å²) in [4.78, 5) is 37.4. The average Bonchev–Trinajstić information content (AvgIpc) is 4.09. The first kappa shape index (κ1) is 47.8. The fourth-order valence-electron chi connectivity index (χ4n) is 11.6. The van der Waals surface area contributed by atoms with Gasteiger partial charge in [-0.05, 0) is 172 Å². The number of fused-ring (bicyclic) bond motifs is 2. The summed E-state index contributed by atoms with van der Waals surface area (Å²) < 4.78 is 29.9. The largest absolute Gasteiger partial charge is 0.390 e. The molecule has 0 radical (unpaired) electrons. The Kier molecular flexibility index (Phi) is 12.8. The molecule has 6 heterocycles. The van der Waals surface area contributed by atoms with Crippen LogP contribution in [0.25, 0.3) is 44.3 Å². The van der Waals surface area contributed by atoms with E-state index in [-0.39, 0.29) is 41.0 Å². The minimum Gasteiger partial charge on any atom is -0.390 e. The van der Waals surface area contributed by atoms with Gasteiger partial charge in [0, 0.05) is 41.7 Å². The second kappa shape index (κ2) is 18.7. The number of imidazole rings is 2. The molecule has 7 aromatic rings. The van der Waals surface area contributed by atoms with E-state index < -0.39 is 17.0 Å². The Labute approximate surface area is 411 Å². The van der Waals surface area contributed by atoms with E-state index in [1.54, 1.807) is 11.0 Å². The number of nitrogens with zero attached hydrogens (tertiary/aromatic N) is 7. The fourth-order valence-corrected chi connectivity index (χ4v) is 11.7. The van der Waals surface area contributed by atoms with Gasteiger partial charge in [0.15, 0.2) is 0 Å². The summed E-state index contributed by atoms with van der Waals surface area (Å²) in [5.41, 5.74) is 8.66. The number of amides is 2. The molecule has 0 spiro atoms. The molecule has 4 aromatic heterocycles. The number of benzene rings is 3. The SMILES string of the molecule is Cc1noc(C)c1-c1ccc2c(c1)nc([C@@H]1CCCC(=O)N1)n2C1CCC(C)(O)CC1.Cc1noc(C)c1-c1ccc2c(c1)nc([C@@H]1CCCC(=O)N1c1ccc(Cl)c(F)c1)n2C1CCC(C)(O)CC1. The highest BCUT2D eigenvalue weighted by Gasteiger charge is 2.39. The molecule has 70 heavy (non-hydrogen) atoms. The minimum absolute atomic E-state index is 0.0214. The van der Waals surface area contributed by atoms with E-state index in [4.69, 9.17) is 30.6 Å². The van der Waals surface area contributed by atoms with E-state index in [0.29, 0.717) is 37.8 Å². The van der Waals surface area contributed by atoms with Gasteiger partial charge in [-0.1, -0.05) is 34.0 Å². The molecular formula is C54H62ClFN8O6.